The first-order valence-corrected chi connectivity index (χ1v) is 5.40. The molecule has 0 bridgehead atoms. The lowest BCUT2D eigenvalue weighted by Crippen LogP contribution is -2.44. The lowest BCUT2D eigenvalue weighted by molar-refractivity contribution is 0.103. The Balaban J connectivity index is 2.71. The van der Waals surface area contributed by atoms with Gasteiger partial charge in [-0.05, 0) is 12.8 Å². The van der Waals surface area contributed by atoms with E-state index in [2.05, 4.69) is 0 Å². The summed E-state index contributed by atoms with van der Waals surface area (Å²) >= 11 is 0. The van der Waals surface area contributed by atoms with E-state index in [-0.39, 0.29) is 13.1 Å². The van der Waals surface area contributed by atoms with Crippen molar-refractivity contribution in [3.05, 3.63) is 0 Å². The molecule has 1 rings (SSSR count). The van der Waals surface area contributed by atoms with Crippen LogP contribution in [0.25, 0.3) is 0 Å². The number of nitrogens with zero attached hydrogens (tertiary/aromatic N) is 1. The second-order valence-corrected chi connectivity index (χ2v) is 4.86. The SMILES string of the molecule is O=S(=O)(C(F)F)N1CCC[C@@H](O)C1. The van der Waals surface area contributed by atoms with Crippen LogP contribution in [-0.2, 0) is 10.0 Å². The van der Waals surface area contributed by atoms with Gasteiger partial charge in [-0.3, -0.25) is 0 Å². The molecule has 1 aliphatic heterocycles. The molecule has 7 heteroatoms. The fourth-order valence-electron chi connectivity index (χ4n) is 1.26. The molecular weight excluding hydrogens is 204 g/mol. The number of piperidine rings is 1. The van der Waals surface area contributed by atoms with Gasteiger partial charge in [-0.15, -0.1) is 0 Å². The number of β-amino-alcohol motifs (C(OH)–C–C–N with tert-alkyl or cyclic N) is 1. The van der Waals surface area contributed by atoms with Crippen LogP contribution in [0.4, 0.5) is 8.78 Å². The van der Waals surface area contributed by atoms with Crippen molar-refractivity contribution in [2.45, 2.75) is 24.7 Å². The summed E-state index contributed by atoms with van der Waals surface area (Å²) in [5.41, 5.74) is 0. The molecule has 1 atom stereocenters. The van der Waals surface area contributed by atoms with Gasteiger partial charge in [-0.1, -0.05) is 0 Å². The van der Waals surface area contributed by atoms with Crippen LogP contribution in [0.1, 0.15) is 12.8 Å². The summed E-state index contributed by atoms with van der Waals surface area (Å²) in [6.45, 7) is -0.142. The molecule has 0 aromatic carbocycles. The van der Waals surface area contributed by atoms with E-state index in [1.165, 1.54) is 0 Å². The summed E-state index contributed by atoms with van der Waals surface area (Å²) in [5, 5.41) is 9.07. The zero-order chi connectivity index (χ0) is 10.1. The summed E-state index contributed by atoms with van der Waals surface area (Å²) in [5.74, 6) is -3.39. The minimum Gasteiger partial charge on any atom is -0.392 e. The Kier molecular flexibility index (Phi) is 3.20. The molecule has 13 heavy (non-hydrogen) atoms. The van der Waals surface area contributed by atoms with E-state index in [0.717, 1.165) is 0 Å². The summed E-state index contributed by atoms with van der Waals surface area (Å²) in [6.07, 6.45) is 0.0739. The van der Waals surface area contributed by atoms with Crippen molar-refractivity contribution in [3.8, 4) is 0 Å². The van der Waals surface area contributed by atoms with Gasteiger partial charge in [0.25, 0.3) is 10.0 Å². The third-order valence-electron chi connectivity index (χ3n) is 1.94. The highest BCUT2D eigenvalue weighted by atomic mass is 32.2. The molecule has 0 amide bonds. The average molecular weight is 215 g/mol. The molecule has 0 unspecified atom stereocenters. The number of hydrogen-bond donors (Lipinski definition) is 1. The predicted octanol–water partition coefficient (Wildman–Crippen LogP) is -0.00450. The monoisotopic (exact) mass is 215 g/mol. The van der Waals surface area contributed by atoms with Crippen molar-refractivity contribution in [1.29, 1.82) is 0 Å². The van der Waals surface area contributed by atoms with Crippen LogP contribution in [-0.4, -0.2) is 42.8 Å². The van der Waals surface area contributed by atoms with E-state index in [1.807, 2.05) is 0 Å². The van der Waals surface area contributed by atoms with Crippen LogP contribution < -0.4 is 0 Å². The van der Waals surface area contributed by atoms with Crippen molar-refractivity contribution in [2.24, 2.45) is 0 Å². The van der Waals surface area contributed by atoms with E-state index in [4.69, 9.17) is 5.11 Å². The van der Waals surface area contributed by atoms with E-state index in [9.17, 15) is 17.2 Å². The highest BCUT2D eigenvalue weighted by Gasteiger charge is 2.34. The lowest BCUT2D eigenvalue weighted by Gasteiger charge is -2.28. The fourth-order valence-corrected chi connectivity index (χ4v) is 2.25. The molecule has 0 spiro atoms. The molecule has 1 heterocycles. The van der Waals surface area contributed by atoms with Crippen LogP contribution in [0.5, 0.6) is 0 Å². The summed E-state index contributed by atoms with van der Waals surface area (Å²) in [4.78, 5) is 0. The molecule has 1 aliphatic rings. The standard InChI is InChI=1S/C6H11F2NO3S/c7-6(8)13(11,12)9-3-1-2-5(10)4-9/h5-6,10H,1-4H2/t5-/m1/s1. The largest absolute Gasteiger partial charge is 0.392 e. The third kappa shape index (κ3) is 2.35. The van der Waals surface area contributed by atoms with Crippen LogP contribution in [0.3, 0.4) is 0 Å². The van der Waals surface area contributed by atoms with Gasteiger partial charge in [0.05, 0.1) is 6.10 Å². The lowest BCUT2D eigenvalue weighted by atomic mass is 10.1. The predicted molar refractivity (Wildman–Crippen MR) is 41.7 cm³/mol. The maximum Gasteiger partial charge on any atom is 0.350 e. The summed E-state index contributed by atoms with van der Waals surface area (Å²) in [6, 6.07) is 0. The Labute approximate surface area is 75.2 Å². The first-order chi connectivity index (χ1) is 5.94. The van der Waals surface area contributed by atoms with E-state index in [0.29, 0.717) is 17.1 Å². The molecule has 0 radical (unpaired) electrons. The van der Waals surface area contributed by atoms with Gasteiger partial charge < -0.3 is 5.11 Å². The molecule has 0 saturated carbocycles. The van der Waals surface area contributed by atoms with Crippen molar-refractivity contribution in [2.75, 3.05) is 13.1 Å². The minimum absolute atomic E-state index is 0.0731. The summed E-state index contributed by atoms with van der Waals surface area (Å²) in [7, 11) is -4.49. The smallest absolute Gasteiger partial charge is 0.350 e. The molecule has 0 aromatic heterocycles. The fraction of sp³-hybridized carbons (Fsp3) is 1.00. The number of aliphatic hydroxyl groups excluding tert-OH is 1. The Hall–Kier alpha value is -0.270. The van der Waals surface area contributed by atoms with Crippen LogP contribution in [0, 0.1) is 0 Å². The molecule has 0 aliphatic carbocycles. The average Bonchev–Trinajstić information content (AvgIpc) is 2.04. The van der Waals surface area contributed by atoms with Gasteiger partial charge >= 0.3 is 5.76 Å². The number of hydrogen-bond acceptors (Lipinski definition) is 3. The number of alkyl halides is 2. The molecule has 1 N–H and O–H groups in total. The van der Waals surface area contributed by atoms with Crippen LogP contribution in [0.15, 0.2) is 0 Å². The number of halogens is 2. The van der Waals surface area contributed by atoms with Gasteiger partial charge in [0.15, 0.2) is 0 Å². The maximum absolute atomic E-state index is 12.0. The van der Waals surface area contributed by atoms with Crippen LogP contribution >= 0.6 is 0 Å². The van der Waals surface area contributed by atoms with Gasteiger partial charge in [0.1, 0.15) is 0 Å². The van der Waals surface area contributed by atoms with Gasteiger partial charge in [0, 0.05) is 13.1 Å². The van der Waals surface area contributed by atoms with E-state index >= 15 is 0 Å². The maximum atomic E-state index is 12.0. The zero-order valence-corrected chi connectivity index (χ0v) is 7.67. The van der Waals surface area contributed by atoms with E-state index < -0.39 is 21.9 Å². The first-order valence-electron chi connectivity index (χ1n) is 3.90. The van der Waals surface area contributed by atoms with E-state index in [1.54, 1.807) is 0 Å². The molecule has 1 fully saturated rings. The van der Waals surface area contributed by atoms with Crippen molar-refractivity contribution < 1.29 is 22.3 Å². The first kappa shape index (κ1) is 10.8. The van der Waals surface area contributed by atoms with Crippen molar-refractivity contribution in [1.82, 2.24) is 4.31 Å². The second-order valence-electron chi connectivity index (χ2n) is 2.96. The number of aliphatic hydroxyl groups is 1. The normalized spacial score (nSPS) is 26.6. The molecule has 4 nitrogen and oxygen atoms in total. The summed E-state index contributed by atoms with van der Waals surface area (Å²) < 4.78 is 46.5. The molecule has 1 saturated heterocycles. The highest BCUT2D eigenvalue weighted by Crippen LogP contribution is 2.18. The van der Waals surface area contributed by atoms with Crippen molar-refractivity contribution >= 4 is 10.0 Å². The number of sulfonamides is 1. The van der Waals surface area contributed by atoms with Gasteiger partial charge in [-0.2, -0.15) is 13.1 Å². The Bertz CT molecular complexity index is 267. The molecule has 78 valence electrons. The molecular formula is C6H11F2NO3S. The topological polar surface area (TPSA) is 57.6 Å². The molecule has 0 aromatic rings. The van der Waals surface area contributed by atoms with Crippen LogP contribution in [0.2, 0.25) is 0 Å². The third-order valence-corrected chi connectivity index (χ3v) is 3.45. The number of rotatable bonds is 2. The van der Waals surface area contributed by atoms with Gasteiger partial charge in [-0.25, -0.2) is 8.42 Å². The van der Waals surface area contributed by atoms with Gasteiger partial charge in [0.2, 0.25) is 0 Å². The Morgan fingerprint density at radius 1 is 1.46 bits per heavy atom. The Morgan fingerprint density at radius 3 is 2.54 bits per heavy atom. The highest BCUT2D eigenvalue weighted by molar-refractivity contribution is 7.89. The van der Waals surface area contributed by atoms with Crippen molar-refractivity contribution in [3.63, 3.8) is 0 Å². The zero-order valence-electron chi connectivity index (χ0n) is 6.86. The quantitative estimate of drug-likeness (QED) is 0.705. The Morgan fingerprint density at radius 2 is 2.08 bits per heavy atom. The minimum atomic E-state index is -4.49. The second kappa shape index (κ2) is 3.85.